The number of carbonyl (C=O) groups is 2. The Morgan fingerprint density at radius 1 is 1.16 bits per heavy atom. The average Bonchev–Trinajstić information content (AvgIpc) is 3.09. The summed E-state index contributed by atoms with van der Waals surface area (Å²) in [5.74, 6) is -1.50. The van der Waals surface area contributed by atoms with Crippen molar-refractivity contribution in [1.29, 1.82) is 0 Å². The minimum Gasteiger partial charge on any atom is -0.480 e. The van der Waals surface area contributed by atoms with E-state index in [1.807, 2.05) is 13.8 Å². The molecule has 2 N–H and O–H groups in total. The molecule has 0 saturated carbocycles. The van der Waals surface area contributed by atoms with Crippen LogP contribution < -0.4 is 5.32 Å². The lowest BCUT2D eigenvalue weighted by atomic mass is 10.0. The van der Waals surface area contributed by atoms with Gasteiger partial charge in [0.15, 0.2) is 0 Å². The first kappa shape index (κ1) is 19.4. The summed E-state index contributed by atoms with van der Waals surface area (Å²) < 4.78 is 26.3. The van der Waals surface area contributed by atoms with Crippen molar-refractivity contribution in [2.75, 3.05) is 13.1 Å². The molecule has 1 aromatic rings. The zero-order chi connectivity index (χ0) is 18.6. The number of carbonyl (C=O) groups excluding carboxylic acids is 1. The third-order valence-corrected chi connectivity index (χ3v) is 6.04. The van der Waals surface area contributed by atoms with Crippen LogP contribution in [0, 0.1) is 5.92 Å². The van der Waals surface area contributed by atoms with Crippen LogP contribution in [0.15, 0.2) is 29.2 Å². The minimum atomic E-state index is -3.53. The maximum Gasteiger partial charge on any atom is 0.326 e. The van der Waals surface area contributed by atoms with Crippen molar-refractivity contribution in [3.05, 3.63) is 29.8 Å². The fourth-order valence-corrected chi connectivity index (χ4v) is 4.31. The van der Waals surface area contributed by atoms with Crippen molar-refractivity contribution >= 4 is 21.9 Å². The van der Waals surface area contributed by atoms with Crippen LogP contribution in [0.1, 0.15) is 43.5 Å². The van der Waals surface area contributed by atoms with Crippen molar-refractivity contribution in [2.24, 2.45) is 5.92 Å². The number of nitrogens with one attached hydrogen (secondary N) is 1. The van der Waals surface area contributed by atoms with Gasteiger partial charge in [-0.2, -0.15) is 4.31 Å². The number of benzene rings is 1. The number of sulfonamides is 1. The first-order chi connectivity index (χ1) is 11.7. The van der Waals surface area contributed by atoms with Gasteiger partial charge < -0.3 is 10.4 Å². The SMILES string of the molecule is CC(C)C[C@H](NC(=O)c1ccc(S(=O)(=O)N2CCCC2)cc1)C(=O)O. The van der Waals surface area contributed by atoms with Crippen LogP contribution in [0.25, 0.3) is 0 Å². The second-order valence-corrected chi connectivity index (χ2v) is 8.57. The van der Waals surface area contributed by atoms with E-state index in [1.54, 1.807) is 0 Å². The maximum atomic E-state index is 12.5. The third kappa shape index (κ3) is 4.79. The highest BCUT2D eigenvalue weighted by atomic mass is 32.2. The molecule has 1 amide bonds. The molecule has 0 radical (unpaired) electrons. The number of carboxylic acid groups (broad SMARTS) is 1. The van der Waals surface area contributed by atoms with Gasteiger partial charge in [-0.05, 0) is 49.4 Å². The predicted molar refractivity (Wildman–Crippen MR) is 92.8 cm³/mol. The van der Waals surface area contributed by atoms with Crippen LogP contribution in [0.2, 0.25) is 0 Å². The minimum absolute atomic E-state index is 0.120. The fraction of sp³-hybridized carbons (Fsp3) is 0.529. The van der Waals surface area contributed by atoms with E-state index in [-0.39, 0.29) is 16.4 Å². The van der Waals surface area contributed by atoms with Crippen molar-refractivity contribution in [3.8, 4) is 0 Å². The van der Waals surface area contributed by atoms with Crippen molar-refractivity contribution in [2.45, 2.75) is 44.0 Å². The molecule has 0 bridgehead atoms. The number of rotatable bonds is 7. The number of hydrogen-bond donors (Lipinski definition) is 2. The van der Waals surface area contributed by atoms with Crippen LogP contribution in [-0.2, 0) is 14.8 Å². The molecule has 8 heteroatoms. The summed E-state index contributed by atoms with van der Waals surface area (Å²) in [4.78, 5) is 23.6. The molecule has 1 aromatic carbocycles. The molecule has 1 fully saturated rings. The standard InChI is InChI=1S/C17H24N2O5S/c1-12(2)11-15(17(21)22)18-16(20)13-5-7-14(8-6-13)25(23,24)19-9-3-4-10-19/h5-8,12,15H,3-4,9-11H2,1-2H3,(H,18,20)(H,21,22)/t15-/m0/s1. The smallest absolute Gasteiger partial charge is 0.326 e. The Kier molecular flexibility index (Phi) is 6.18. The van der Waals surface area contributed by atoms with Gasteiger partial charge in [0.25, 0.3) is 5.91 Å². The van der Waals surface area contributed by atoms with Crippen molar-refractivity contribution in [1.82, 2.24) is 9.62 Å². The number of hydrogen-bond acceptors (Lipinski definition) is 4. The van der Waals surface area contributed by atoms with E-state index in [0.717, 1.165) is 12.8 Å². The van der Waals surface area contributed by atoms with Gasteiger partial charge in [-0.3, -0.25) is 4.79 Å². The van der Waals surface area contributed by atoms with Crippen LogP contribution in [0.5, 0.6) is 0 Å². The van der Waals surface area contributed by atoms with Crippen molar-refractivity contribution in [3.63, 3.8) is 0 Å². The number of amides is 1. The van der Waals surface area contributed by atoms with Crippen LogP contribution in [0.3, 0.4) is 0 Å². The first-order valence-corrected chi connectivity index (χ1v) is 9.79. The summed E-state index contributed by atoms with van der Waals surface area (Å²) in [6, 6.07) is 4.63. The fourth-order valence-electron chi connectivity index (χ4n) is 2.79. The van der Waals surface area contributed by atoms with Gasteiger partial charge in [0.05, 0.1) is 4.90 Å². The van der Waals surface area contributed by atoms with E-state index in [0.29, 0.717) is 19.5 Å². The van der Waals surface area contributed by atoms with Crippen molar-refractivity contribution < 1.29 is 23.1 Å². The molecule has 2 rings (SSSR count). The first-order valence-electron chi connectivity index (χ1n) is 8.35. The Morgan fingerprint density at radius 2 is 1.72 bits per heavy atom. The molecule has 138 valence electrons. The summed E-state index contributed by atoms with van der Waals surface area (Å²) in [7, 11) is -3.53. The number of nitrogens with zero attached hydrogens (tertiary/aromatic N) is 1. The molecule has 7 nitrogen and oxygen atoms in total. The molecule has 1 heterocycles. The Morgan fingerprint density at radius 3 is 2.20 bits per heavy atom. The Labute approximate surface area is 148 Å². The predicted octanol–water partition coefficient (Wildman–Crippen LogP) is 1.70. The highest BCUT2D eigenvalue weighted by Gasteiger charge is 2.27. The highest BCUT2D eigenvalue weighted by molar-refractivity contribution is 7.89. The van der Waals surface area contributed by atoms with Crippen LogP contribution in [0.4, 0.5) is 0 Å². The largest absolute Gasteiger partial charge is 0.480 e. The van der Waals surface area contributed by atoms with E-state index in [9.17, 15) is 23.1 Å². The average molecular weight is 368 g/mol. The van der Waals surface area contributed by atoms with E-state index >= 15 is 0 Å². The second-order valence-electron chi connectivity index (χ2n) is 6.63. The molecule has 25 heavy (non-hydrogen) atoms. The highest BCUT2D eigenvalue weighted by Crippen LogP contribution is 2.21. The molecule has 0 aliphatic carbocycles. The molecular formula is C17H24N2O5S. The number of carboxylic acids is 1. The monoisotopic (exact) mass is 368 g/mol. The lowest BCUT2D eigenvalue weighted by Gasteiger charge is -2.17. The normalized spacial score (nSPS) is 16.8. The summed E-state index contributed by atoms with van der Waals surface area (Å²) in [5, 5.41) is 11.7. The van der Waals surface area contributed by atoms with E-state index in [1.165, 1.54) is 28.6 Å². The van der Waals surface area contributed by atoms with Crippen LogP contribution in [-0.4, -0.2) is 48.8 Å². The van der Waals surface area contributed by atoms with E-state index in [2.05, 4.69) is 5.32 Å². The Hall–Kier alpha value is -1.93. The molecule has 0 spiro atoms. The van der Waals surface area contributed by atoms with Gasteiger partial charge in [-0.25, -0.2) is 13.2 Å². The topological polar surface area (TPSA) is 104 Å². The van der Waals surface area contributed by atoms with Crippen LogP contribution >= 0.6 is 0 Å². The van der Waals surface area contributed by atoms with Gasteiger partial charge in [-0.1, -0.05) is 13.8 Å². The zero-order valence-corrected chi connectivity index (χ0v) is 15.3. The summed E-state index contributed by atoms with van der Waals surface area (Å²) in [6.45, 7) is 4.78. The zero-order valence-electron chi connectivity index (χ0n) is 14.4. The van der Waals surface area contributed by atoms with Gasteiger partial charge in [0.2, 0.25) is 10.0 Å². The molecule has 0 unspecified atom stereocenters. The van der Waals surface area contributed by atoms with Gasteiger partial charge >= 0.3 is 5.97 Å². The second kappa shape index (κ2) is 7.97. The Bertz CT molecular complexity index is 722. The van der Waals surface area contributed by atoms with E-state index < -0.39 is 27.9 Å². The Balaban J connectivity index is 2.10. The van der Waals surface area contributed by atoms with Gasteiger partial charge in [0, 0.05) is 18.7 Å². The van der Waals surface area contributed by atoms with Gasteiger partial charge in [-0.15, -0.1) is 0 Å². The molecular weight excluding hydrogens is 344 g/mol. The number of aliphatic carboxylic acids is 1. The van der Waals surface area contributed by atoms with Gasteiger partial charge in [0.1, 0.15) is 6.04 Å². The quantitative estimate of drug-likeness (QED) is 0.762. The molecule has 1 aliphatic rings. The molecule has 0 aromatic heterocycles. The third-order valence-electron chi connectivity index (χ3n) is 4.13. The maximum absolute atomic E-state index is 12.5. The molecule has 1 saturated heterocycles. The van der Waals surface area contributed by atoms with E-state index in [4.69, 9.17) is 0 Å². The molecule has 1 atom stereocenters. The molecule has 1 aliphatic heterocycles. The summed E-state index contributed by atoms with van der Waals surface area (Å²) in [6.07, 6.45) is 2.03. The lowest BCUT2D eigenvalue weighted by molar-refractivity contribution is -0.139. The summed E-state index contributed by atoms with van der Waals surface area (Å²) in [5.41, 5.74) is 0.232. The summed E-state index contributed by atoms with van der Waals surface area (Å²) >= 11 is 0. The lowest BCUT2D eigenvalue weighted by Crippen LogP contribution is -2.41.